The van der Waals surface area contributed by atoms with Gasteiger partial charge in [0.1, 0.15) is 0 Å². The molecule has 0 unspecified atom stereocenters. The number of thioether (sulfide) groups is 1. The summed E-state index contributed by atoms with van der Waals surface area (Å²) in [7, 11) is 0. The molecule has 21 heavy (non-hydrogen) atoms. The third kappa shape index (κ3) is 4.62. The second-order valence-electron chi connectivity index (χ2n) is 4.69. The van der Waals surface area contributed by atoms with Gasteiger partial charge < -0.3 is 16.0 Å². The summed E-state index contributed by atoms with van der Waals surface area (Å²) >= 11 is 1.86. The number of anilines is 1. The van der Waals surface area contributed by atoms with Crippen LogP contribution in [0.25, 0.3) is 0 Å². The van der Waals surface area contributed by atoms with Crippen molar-refractivity contribution >= 4 is 41.7 Å². The first-order valence-electron chi connectivity index (χ1n) is 6.59. The Hall–Kier alpha value is -1.24. The predicted octanol–water partition coefficient (Wildman–Crippen LogP) is 1.50. The molecule has 1 heterocycles. The maximum Gasteiger partial charge on any atom is 0.253 e. The van der Waals surface area contributed by atoms with Gasteiger partial charge in [-0.25, -0.2) is 0 Å². The van der Waals surface area contributed by atoms with E-state index in [4.69, 9.17) is 5.73 Å². The highest BCUT2D eigenvalue weighted by Gasteiger charge is 2.19. The second-order valence-corrected chi connectivity index (χ2v) is 5.91. The molecule has 116 valence electrons. The minimum absolute atomic E-state index is 0. The number of nitrogens with one attached hydrogen (secondary N) is 1. The van der Waals surface area contributed by atoms with Crippen molar-refractivity contribution in [2.75, 3.05) is 36.5 Å². The molecule has 1 fully saturated rings. The summed E-state index contributed by atoms with van der Waals surface area (Å²) in [4.78, 5) is 25.6. The van der Waals surface area contributed by atoms with Crippen LogP contribution >= 0.6 is 24.2 Å². The molecule has 1 aliphatic heterocycles. The molecule has 0 aromatic heterocycles. The minimum Gasteiger partial charge on any atom is -0.337 e. The Morgan fingerprint density at radius 1 is 1.33 bits per heavy atom. The molecule has 1 aliphatic rings. The van der Waals surface area contributed by atoms with E-state index in [1.54, 1.807) is 12.1 Å². The van der Waals surface area contributed by atoms with Crippen LogP contribution in [-0.2, 0) is 4.79 Å². The summed E-state index contributed by atoms with van der Waals surface area (Å²) < 4.78 is 0. The topological polar surface area (TPSA) is 75.4 Å². The lowest BCUT2D eigenvalue weighted by molar-refractivity contribution is -0.114. The number of rotatable bonds is 3. The van der Waals surface area contributed by atoms with E-state index in [2.05, 4.69) is 5.32 Å². The smallest absolute Gasteiger partial charge is 0.253 e. The molecule has 1 aromatic carbocycles. The van der Waals surface area contributed by atoms with Gasteiger partial charge in [0.15, 0.2) is 0 Å². The fraction of sp³-hybridized carbons (Fsp3) is 0.429. The van der Waals surface area contributed by atoms with E-state index in [-0.39, 0.29) is 30.8 Å². The van der Waals surface area contributed by atoms with Crippen LogP contribution in [0.4, 0.5) is 5.69 Å². The van der Waals surface area contributed by atoms with E-state index < -0.39 is 0 Å². The highest BCUT2D eigenvalue weighted by atomic mass is 35.5. The van der Waals surface area contributed by atoms with Gasteiger partial charge in [-0.2, -0.15) is 11.8 Å². The van der Waals surface area contributed by atoms with E-state index >= 15 is 0 Å². The third-order valence-corrected chi connectivity index (χ3v) is 4.18. The van der Waals surface area contributed by atoms with Crippen molar-refractivity contribution < 1.29 is 9.59 Å². The van der Waals surface area contributed by atoms with Crippen molar-refractivity contribution in [3.8, 4) is 0 Å². The SMILES string of the molecule is Cc1ccc(C(=O)N2CCSCC2)cc1NC(=O)CN.Cl. The van der Waals surface area contributed by atoms with Crippen molar-refractivity contribution in [2.45, 2.75) is 6.92 Å². The molecule has 2 rings (SSSR count). The number of hydrogen-bond acceptors (Lipinski definition) is 4. The molecule has 2 amide bonds. The fourth-order valence-corrected chi connectivity index (χ4v) is 2.94. The molecule has 7 heteroatoms. The zero-order valence-corrected chi connectivity index (χ0v) is 13.6. The standard InChI is InChI=1S/C14H19N3O2S.ClH/c1-10-2-3-11(8-12(10)16-13(18)9-15)14(19)17-4-6-20-7-5-17;/h2-3,8H,4-7,9,15H2,1H3,(H,16,18);1H. The van der Waals surface area contributed by atoms with Gasteiger partial charge in [0.05, 0.1) is 6.54 Å². The number of benzene rings is 1. The average molecular weight is 330 g/mol. The molecule has 1 aromatic rings. The monoisotopic (exact) mass is 329 g/mol. The summed E-state index contributed by atoms with van der Waals surface area (Å²) in [5.41, 5.74) is 7.47. The maximum absolute atomic E-state index is 12.4. The molecule has 3 N–H and O–H groups in total. The lowest BCUT2D eigenvalue weighted by Crippen LogP contribution is -2.37. The van der Waals surface area contributed by atoms with Crippen LogP contribution < -0.4 is 11.1 Å². The first-order valence-corrected chi connectivity index (χ1v) is 7.75. The van der Waals surface area contributed by atoms with Gasteiger partial charge in [0, 0.05) is 35.8 Å². The molecule has 0 saturated carbocycles. The van der Waals surface area contributed by atoms with Crippen LogP contribution in [0, 0.1) is 6.92 Å². The largest absolute Gasteiger partial charge is 0.337 e. The van der Waals surface area contributed by atoms with Crippen LogP contribution in [0.5, 0.6) is 0 Å². The van der Waals surface area contributed by atoms with Gasteiger partial charge >= 0.3 is 0 Å². The van der Waals surface area contributed by atoms with Crippen LogP contribution in [0.1, 0.15) is 15.9 Å². The van der Waals surface area contributed by atoms with Gasteiger partial charge in [-0.05, 0) is 24.6 Å². The van der Waals surface area contributed by atoms with E-state index in [1.165, 1.54) is 0 Å². The molecular formula is C14H20ClN3O2S. The van der Waals surface area contributed by atoms with E-state index in [9.17, 15) is 9.59 Å². The minimum atomic E-state index is -0.257. The van der Waals surface area contributed by atoms with Crippen LogP contribution in [0.15, 0.2) is 18.2 Å². The number of aryl methyl sites for hydroxylation is 1. The zero-order valence-electron chi connectivity index (χ0n) is 11.9. The average Bonchev–Trinajstić information content (AvgIpc) is 2.49. The van der Waals surface area contributed by atoms with E-state index in [0.29, 0.717) is 11.3 Å². The number of nitrogens with zero attached hydrogens (tertiary/aromatic N) is 1. The summed E-state index contributed by atoms with van der Waals surface area (Å²) in [6, 6.07) is 5.38. The second kappa shape index (κ2) is 8.26. The normalized spacial score (nSPS) is 14.3. The number of amides is 2. The van der Waals surface area contributed by atoms with Crippen molar-refractivity contribution in [1.29, 1.82) is 0 Å². The molecule has 0 bridgehead atoms. The number of hydrogen-bond donors (Lipinski definition) is 2. The van der Waals surface area contributed by atoms with Crippen molar-refractivity contribution in [3.05, 3.63) is 29.3 Å². The Balaban J connectivity index is 0.00000220. The molecule has 5 nitrogen and oxygen atoms in total. The lowest BCUT2D eigenvalue weighted by atomic mass is 10.1. The van der Waals surface area contributed by atoms with Gasteiger partial charge in [-0.3, -0.25) is 9.59 Å². The third-order valence-electron chi connectivity index (χ3n) is 3.24. The van der Waals surface area contributed by atoms with Crippen LogP contribution in [0.2, 0.25) is 0 Å². The summed E-state index contributed by atoms with van der Waals surface area (Å²) in [5, 5.41) is 2.72. The fourth-order valence-electron chi connectivity index (χ4n) is 2.04. The summed E-state index contributed by atoms with van der Waals surface area (Å²) in [5.74, 6) is 1.73. The molecule has 0 radical (unpaired) electrons. The number of nitrogens with two attached hydrogens (primary N) is 1. The van der Waals surface area contributed by atoms with Crippen LogP contribution in [-0.4, -0.2) is 47.9 Å². The van der Waals surface area contributed by atoms with E-state index in [1.807, 2.05) is 29.7 Å². The summed E-state index contributed by atoms with van der Waals surface area (Å²) in [6.07, 6.45) is 0. The Kier molecular flexibility index (Phi) is 7.01. The van der Waals surface area contributed by atoms with Gasteiger partial charge in [0.2, 0.25) is 5.91 Å². The Labute approximate surface area is 135 Å². The predicted molar refractivity (Wildman–Crippen MR) is 89.3 cm³/mol. The lowest BCUT2D eigenvalue weighted by Gasteiger charge is -2.26. The first-order chi connectivity index (χ1) is 9.61. The first kappa shape index (κ1) is 17.8. The molecule has 0 aliphatic carbocycles. The van der Waals surface area contributed by atoms with E-state index in [0.717, 1.165) is 30.2 Å². The highest BCUT2D eigenvalue weighted by Crippen LogP contribution is 2.19. The molecule has 1 saturated heterocycles. The number of halogens is 1. The Morgan fingerprint density at radius 2 is 2.00 bits per heavy atom. The Bertz CT molecular complexity index is 519. The maximum atomic E-state index is 12.4. The molecule has 0 atom stereocenters. The summed E-state index contributed by atoms with van der Waals surface area (Å²) in [6.45, 7) is 3.38. The highest BCUT2D eigenvalue weighted by molar-refractivity contribution is 7.99. The quantitative estimate of drug-likeness (QED) is 0.881. The van der Waals surface area contributed by atoms with Crippen molar-refractivity contribution in [3.63, 3.8) is 0 Å². The van der Waals surface area contributed by atoms with Gasteiger partial charge in [0.25, 0.3) is 5.91 Å². The van der Waals surface area contributed by atoms with Crippen molar-refractivity contribution in [2.24, 2.45) is 5.73 Å². The Morgan fingerprint density at radius 3 is 2.62 bits per heavy atom. The van der Waals surface area contributed by atoms with Gasteiger partial charge in [-0.15, -0.1) is 12.4 Å². The number of carbonyl (C=O) groups is 2. The number of carbonyl (C=O) groups excluding carboxylic acids is 2. The van der Waals surface area contributed by atoms with Gasteiger partial charge in [-0.1, -0.05) is 6.07 Å². The molecule has 0 spiro atoms. The van der Waals surface area contributed by atoms with Crippen molar-refractivity contribution in [1.82, 2.24) is 4.90 Å². The zero-order chi connectivity index (χ0) is 14.5. The molecular weight excluding hydrogens is 310 g/mol. The van der Waals surface area contributed by atoms with Crippen LogP contribution in [0.3, 0.4) is 0 Å².